The first-order valence-corrected chi connectivity index (χ1v) is 9.79. The molecular weight excluding hydrogens is 386 g/mol. The number of hydrogen-bond donors (Lipinski definition) is 2. The number of benzene rings is 2. The minimum absolute atomic E-state index is 0.310. The van der Waals surface area contributed by atoms with Crippen LogP contribution >= 0.6 is 0 Å². The van der Waals surface area contributed by atoms with Gasteiger partial charge in [0.25, 0.3) is 5.91 Å². The summed E-state index contributed by atoms with van der Waals surface area (Å²) in [6.45, 7) is 0.389. The lowest BCUT2D eigenvalue weighted by Gasteiger charge is -2.33. The molecular formula is C22H23N3O5. The first-order valence-electron chi connectivity index (χ1n) is 9.79. The van der Waals surface area contributed by atoms with Gasteiger partial charge in [0.2, 0.25) is 5.91 Å². The number of ether oxygens (including phenoxy) is 2. The van der Waals surface area contributed by atoms with Gasteiger partial charge in [-0.05, 0) is 30.2 Å². The molecule has 2 heterocycles. The van der Waals surface area contributed by atoms with Gasteiger partial charge in [0.15, 0.2) is 5.54 Å². The number of para-hydroxylation sites is 1. The van der Waals surface area contributed by atoms with E-state index in [1.165, 1.54) is 0 Å². The van der Waals surface area contributed by atoms with Crippen LogP contribution in [-0.2, 0) is 21.5 Å². The van der Waals surface area contributed by atoms with Gasteiger partial charge in [-0.25, -0.2) is 4.79 Å². The molecule has 2 aliphatic heterocycles. The highest BCUT2D eigenvalue weighted by molar-refractivity contribution is 6.09. The van der Waals surface area contributed by atoms with Crippen LogP contribution in [0, 0.1) is 0 Å². The molecule has 0 unspecified atom stereocenters. The van der Waals surface area contributed by atoms with Gasteiger partial charge < -0.3 is 20.1 Å². The SMILES string of the molecule is COc1ccc(CCNC(=O)CN2C(=O)N[C@]3(CCOc4ccccc43)C2=O)cc1. The molecule has 4 amide bonds. The number of nitrogens with one attached hydrogen (secondary N) is 2. The third kappa shape index (κ3) is 3.56. The van der Waals surface area contributed by atoms with Crippen molar-refractivity contribution in [2.75, 3.05) is 26.8 Å². The van der Waals surface area contributed by atoms with E-state index in [0.29, 0.717) is 37.3 Å². The van der Waals surface area contributed by atoms with E-state index in [4.69, 9.17) is 9.47 Å². The number of amides is 4. The number of urea groups is 1. The lowest BCUT2D eigenvalue weighted by atomic mass is 9.84. The predicted molar refractivity (Wildman–Crippen MR) is 108 cm³/mol. The van der Waals surface area contributed by atoms with E-state index in [-0.39, 0.29) is 12.5 Å². The van der Waals surface area contributed by atoms with Crippen LogP contribution < -0.4 is 20.1 Å². The largest absolute Gasteiger partial charge is 0.497 e. The Morgan fingerprint density at radius 2 is 1.97 bits per heavy atom. The maximum Gasteiger partial charge on any atom is 0.325 e. The molecule has 0 radical (unpaired) electrons. The summed E-state index contributed by atoms with van der Waals surface area (Å²) < 4.78 is 10.7. The predicted octanol–water partition coefficient (Wildman–Crippen LogP) is 1.58. The molecule has 0 aliphatic carbocycles. The third-order valence-electron chi connectivity index (χ3n) is 5.45. The average Bonchev–Trinajstić information content (AvgIpc) is 2.99. The zero-order valence-electron chi connectivity index (χ0n) is 16.6. The summed E-state index contributed by atoms with van der Waals surface area (Å²) in [6, 6.07) is 14.1. The fourth-order valence-electron chi connectivity index (χ4n) is 3.85. The Morgan fingerprint density at radius 3 is 2.73 bits per heavy atom. The van der Waals surface area contributed by atoms with Crippen molar-refractivity contribution in [1.82, 2.24) is 15.5 Å². The first-order chi connectivity index (χ1) is 14.5. The van der Waals surface area contributed by atoms with Crippen molar-refractivity contribution in [3.05, 3.63) is 59.7 Å². The van der Waals surface area contributed by atoms with Crippen LogP contribution in [-0.4, -0.2) is 49.6 Å². The summed E-state index contributed by atoms with van der Waals surface area (Å²) in [6.07, 6.45) is 0.953. The Labute approximate surface area is 174 Å². The van der Waals surface area contributed by atoms with Crippen molar-refractivity contribution in [1.29, 1.82) is 0 Å². The third-order valence-corrected chi connectivity index (χ3v) is 5.45. The molecule has 2 N–H and O–H groups in total. The highest BCUT2D eigenvalue weighted by Crippen LogP contribution is 2.40. The van der Waals surface area contributed by atoms with Gasteiger partial charge in [-0.2, -0.15) is 0 Å². The number of nitrogens with zero attached hydrogens (tertiary/aromatic N) is 1. The fourth-order valence-corrected chi connectivity index (χ4v) is 3.85. The van der Waals surface area contributed by atoms with Crippen molar-refractivity contribution < 1.29 is 23.9 Å². The van der Waals surface area contributed by atoms with Gasteiger partial charge in [0.1, 0.15) is 18.0 Å². The van der Waals surface area contributed by atoms with Crippen LogP contribution in [0.4, 0.5) is 4.79 Å². The van der Waals surface area contributed by atoms with Gasteiger partial charge in [-0.3, -0.25) is 14.5 Å². The zero-order valence-corrected chi connectivity index (χ0v) is 16.6. The van der Waals surface area contributed by atoms with Crippen molar-refractivity contribution in [2.24, 2.45) is 0 Å². The highest BCUT2D eigenvalue weighted by Gasteiger charge is 2.55. The van der Waals surface area contributed by atoms with E-state index in [0.717, 1.165) is 16.2 Å². The van der Waals surface area contributed by atoms with Crippen LogP contribution in [0.25, 0.3) is 0 Å². The van der Waals surface area contributed by atoms with E-state index >= 15 is 0 Å². The second-order valence-electron chi connectivity index (χ2n) is 7.27. The van der Waals surface area contributed by atoms with Crippen LogP contribution in [0.15, 0.2) is 48.5 Å². The van der Waals surface area contributed by atoms with E-state index < -0.39 is 17.5 Å². The molecule has 2 aromatic rings. The smallest absolute Gasteiger partial charge is 0.325 e. The van der Waals surface area contributed by atoms with Gasteiger partial charge in [0.05, 0.1) is 13.7 Å². The summed E-state index contributed by atoms with van der Waals surface area (Å²) in [5.41, 5.74) is 0.496. The quantitative estimate of drug-likeness (QED) is 0.706. The van der Waals surface area contributed by atoms with E-state index in [9.17, 15) is 14.4 Å². The second-order valence-corrected chi connectivity index (χ2v) is 7.27. The normalized spacial score (nSPS) is 19.8. The molecule has 2 aliphatic rings. The molecule has 1 fully saturated rings. The van der Waals surface area contributed by atoms with Gasteiger partial charge in [0, 0.05) is 18.5 Å². The molecule has 0 aromatic heterocycles. The van der Waals surface area contributed by atoms with Crippen molar-refractivity contribution >= 4 is 17.8 Å². The Hall–Kier alpha value is -3.55. The number of rotatable bonds is 6. The Kier molecular flexibility index (Phi) is 5.31. The molecule has 156 valence electrons. The van der Waals surface area contributed by atoms with Crippen LogP contribution in [0.5, 0.6) is 11.5 Å². The van der Waals surface area contributed by atoms with E-state index in [1.807, 2.05) is 30.3 Å². The maximum atomic E-state index is 13.1. The second kappa shape index (κ2) is 8.06. The molecule has 0 saturated carbocycles. The molecule has 0 bridgehead atoms. The van der Waals surface area contributed by atoms with E-state index in [2.05, 4.69) is 10.6 Å². The molecule has 1 saturated heterocycles. The lowest BCUT2D eigenvalue weighted by Crippen LogP contribution is -2.48. The lowest BCUT2D eigenvalue weighted by molar-refractivity contribution is -0.136. The average molecular weight is 409 g/mol. The summed E-state index contributed by atoms with van der Waals surface area (Å²) in [5, 5.41) is 5.56. The fraction of sp³-hybridized carbons (Fsp3) is 0.318. The summed E-state index contributed by atoms with van der Waals surface area (Å²) in [5.74, 6) is 0.533. The summed E-state index contributed by atoms with van der Waals surface area (Å²) in [7, 11) is 1.61. The number of methoxy groups -OCH3 is 1. The topological polar surface area (TPSA) is 97.0 Å². The maximum absolute atomic E-state index is 13.1. The van der Waals surface area contributed by atoms with Gasteiger partial charge in [-0.1, -0.05) is 30.3 Å². The van der Waals surface area contributed by atoms with Crippen molar-refractivity contribution in [2.45, 2.75) is 18.4 Å². The number of carbonyl (C=O) groups is 3. The molecule has 4 rings (SSSR count). The number of imide groups is 1. The molecule has 2 aromatic carbocycles. The summed E-state index contributed by atoms with van der Waals surface area (Å²) in [4.78, 5) is 39.0. The molecule has 1 atom stereocenters. The van der Waals surface area contributed by atoms with Crippen LogP contribution in [0.1, 0.15) is 17.5 Å². The van der Waals surface area contributed by atoms with Gasteiger partial charge in [-0.15, -0.1) is 0 Å². The zero-order chi connectivity index (χ0) is 21.1. The molecule has 30 heavy (non-hydrogen) atoms. The van der Waals surface area contributed by atoms with Crippen molar-refractivity contribution in [3.63, 3.8) is 0 Å². The Balaban J connectivity index is 1.37. The first kappa shape index (κ1) is 19.8. The Bertz CT molecular complexity index is 975. The minimum atomic E-state index is -1.17. The number of hydrogen-bond acceptors (Lipinski definition) is 5. The standard InChI is InChI=1S/C22H23N3O5/c1-29-16-8-6-15(7-9-16)10-12-23-19(26)14-25-20(27)22(24-21(25)28)11-13-30-18-5-3-2-4-17(18)22/h2-9H,10-14H2,1H3,(H,23,26)(H,24,28)/t22-/m0/s1. The highest BCUT2D eigenvalue weighted by atomic mass is 16.5. The monoisotopic (exact) mass is 409 g/mol. The summed E-state index contributed by atoms with van der Waals surface area (Å²) >= 11 is 0. The molecule has 8 nitrogen and oxygen atoms in total. The number of fused-ring (bicyclic) bond motifs is 2. The molecule has 8 heteroatoms. The Morgan fingerprint density at radius 1 is 1.20 bits per heavy atom. The van der Waals surface area contributed by atoms with Crippen LogP contribution in [0.2, 0.25) is 0 Å². The van der Waals surface area contributed by atoms with Crippen LogP contribution in [0.3, 0.4) is 0 Å². The minimum Gasteiger partial charge on any atom is -0.497 e. The number of carbonyl (C=O) groups excluding carboxylic acids is 3. The molecule has 1 spiro atoms. The van der Waals surface area contributed by atoms with Gasteiger partial charge >= 0.3 is 6.03 Å². The van der Waals surface area contributed by atoms with E-state index in [1.54, 1.807) is 25.3 Å². The van der Waals surface area contributed by atoms with Crippen molar-refractivity contribution in [3.8, 4) is 11.5 Å².